The molecule has 0 saturated carbocycles. The van der Waals surface area contributed by atoms with Crippen LogP contribution in [0.2, 0.25) is 0 Å². The summed E-state index contributed by atoms with van der Waals surface area (Å²) in [6.45, 7) is 1.48. The molecule has 0 saturated heterocycles. The third-order valence-corrected chi connectivity index (χ3v) is 1.91. The van der Waals surface area contributed by atoms with Crippen LogP contribution in [0.15, 0.2) is 24.3 Å². The van der Waals surface area contributed by atoms with E-state index in [9.17, 15) is 18.0 Å². The first kappa shape index (κ1) is 13.6. The smallest absolute Gasteiger partial charge is 0.406 e. The van der Waals surface area contributed by atoms with E-state index in [1.807, 2.05) is 0 Å². The maximum atomic E-state index is 11.8. The number of carbonyl (C=O) groups is 1. The summed E-state index contributed by atoms with van der Waals surface area (Å²) in [5.74, 6) is -0.787. The van der Waals surface area contributed by atoms with Gasteiger partial charge in [-0.15, -0.1) is 24.8 Å². The van der Waals surface area contributed by atoms with Crippen LogP contribution in [-0.2, 0) is 4.79 Å². The van der Waals surface area contributed by atoms with E-state index in [-0.39, 0.29) is 5.75 Å². The molecule has 1 rings (SSSR count). The number of benzene rings is 1. The van der Waals surface area contributed by atoms with Gasteiger partial charge in [-0.05, 0) is 31.2 Å². The number of halogens is 4. The van der Waals surface area contributed by atoms with Crippen molar-refractivity contribution < 1.29 is 22.7 Å². The summed E-state index contributed by atoms with van der Waals surface area (Å²) in [7, 11) is 0. The fourth-order valence-electron chi connectivity index (χ4n) is 0.982. The molecule has 94 valence electrons. The van der Waals surface area contributed by atoms with E-state index in [1.165, 1.54) is 19.1 Å². The minimum Gasteiger partial charge on any atom is -0.406 e. The standard InChI is InChI=1S/C10H9ClF3NO2/c1-6(11)9(16)15-7-2-4-8(5-3-7)17-10(12,13)14/h2-6H,1H3,(H,15,16). The Kier molecular flexibility index (Phi) is 4.22. The van der Waals surface area contributed by atoms with Crippen molar-refractivity contribution in [3.05, 3.63) is 24.3 Å². The summed E-state index contributed by atoms with van der Waals surface area (Å²) in [5, 5.41) is 1.70. The molecule has 1 unspecified atom stereocenters. The van der Waals surface area contributed by atoms with Gasteiger partial charge in [-0.25, -0.2) is 0 Å². The first-order valence-electron chi connectivity index (χ1n) is 4.58. The first-order valence-corrected chi connectivity index (χ1v) is 5.02. The molecule has 0 aliphatic carbocycles. The highest BCUT2D eigenvalue weighted by molar-refractivity contribution is 6.32. The lowest BCUT2D eigenvalue weighted by atomic mass is 10.3. The van der Waals surface area contributed by atoms with Gasteiger partial charge in [0.15, 0.2) is 0 Å². The minimum absolute atomic E-state index is 0.344. The van der Waals surface area contributed by atoms with Crippen LogP contribution >= 0.6 is 11.6 Å². The molecule has 0 fully saturated rings. The molecule has 1 N–H and O–H groups in total. The quantitative estimate of drug-likeness (QED) is 0.855. The Hall–Kier alpha value is -1.43. The Morgan fingerprint density at radius 1 is 1.35 bits per heavy atom. The fourth-order valence-corrected chi connectivity index (χ4v) is 1.04. The Balaban J connectivity index is 2.65. The van der Waals surface area contributed by atoms with E-state index >= 15 is 0 Å². The number of amides is 1. The molecule has 0 aliphatic rings. The number of hydrogen-bond donors (Lipinski definition) is 1. The zero-order chi connectivity index (χ0) is 13.1. The van der Waals surface area contributed by atoms with Crippen LogP contribution in [-0.4, -0.2) is 17.6 Å². The SMILES string of the molecule is CC(Cl)C(=O)Nc1ccc(OC(F)(F)F)cc1. The Bertz CT molecular complexity index is 390. The van der Waals surface area contributed by atoms with Crippen LogP contribution in [0.5, 0.6) is 5.75 Å². The van der Waals surface area contributed by atoms with Gasteiger partial charge < -0.3 is 10.1 Å². The maximum Gasteiger partial charge on any atom is 0.573 e. The van der Waals surface area contributed by atoms with E-state index < -0.39 is 17.6 Å². The van der Waals surface area contributed by atoms with Gasteiger partial charge in [0.25, 0.3) is 0 Å². The number of alkyl halides is 4. The Morgan fingerprint density at radius 3 is 2.29 bits per heavy atom. The van der Waals surface area contributed by atoms with Crippen LogP contribution < -0.4 is 10.1 Å². The second-order valence-electron chi connectivity index (χ2n) is 3.18. The second-order valence-corrected chi connectivity index (χ2v) is 3.83. The summed E-state index contributed by atoms with van der Waals surface area (Å²) in [5.41, 5.74) is 0.344. The molecule has 0 aliphatic heterocycles. The predicted octanol–water partition coefficient (Wildman–Crippen LogP) is 3.15. The number of rotatable bonds is 3. The first-order chi connectivity index (χ1) is 7.78. The van der Waals surface area contributed by atoms with Gasteiger partial charge >= 0.3 is 6.36 Å². The van der Waals surface area contributed by atoms with Crippen molar-refractivity contribution in [3.63, 3.8) is 0 Å². The van der Waals surface area contributed by atoms with Gasteiger partial charge in [-0.3, -0.25) is 4.79 Å². The fraction of sp³-hybridized carbons (Fsp3) is 0.300. The average molecular weight is 268 g/mol. The zero-order valence-electron chi connectivity index (χ0n) is 8.72. The van der Waals surface area contributed by atoms with E-state index in [0.29, 0.717) is 5.69 Å². The monoisotopic (exact) mass is 267 g/mol. The van der Waals surface area contributed by atoms with Gasteiger partial charge in [0.05, 0.1) is 0 Å². The van der Waals surface area contributed by atoms with E-state index in [4.69, 9.17) is 11.6 Å². The molecule has 1 amide bonds. The summed E-state index contributed by atoms with van der Waals surface area (Å²) >= 11 is 5.51. The van der Waals surface area contributed by atoms with Crippen molar-refractivity contribution >= 4 is 23.2 Å². The molecule has 0 heterocycles. The Morgan fingerprint density at radius 2 is 1.88 bits per heavy atom. The summed E-state index contributed by atoms with van der Waals surface area (Å²) in [6, 6.07) is 4.78. The third kappa shape index (κ3) is 4.95. The van der Waals surface area contributed by atoms with Crippen LogP contribution in [0, 0.1) is 0 Å². The number of nitrogens with one attached hydrogen (secondary N) is 1. The molecular weight excluding hydrogens is 259 g/mol. The summed E-state index contributed by atoms with van der Waals surface area (Å²) in [4.78, 5) is 11.2. The van der Waals surface area contributed by atoms with E-state index in [2.05, 4.69) is 10.1 Å². The highest BCUT2D eigenvalue weighted by Gasteiger charge is 2.30. The van der Waals surface area contributed by atoms with Crippen molar-refractivity contribution in [2.75, 3.05) is 5.32 Å². The lowest BCUT2D eigenvalue weighted by molar-refractivity contribution is -0.274. The molecule has 1 atom stereocenters. The predicted molar refractivity (Wildman–Crippen MR) is 57.1 cm³/mol. The van der Waals surface area contributed by atoms with Crippen LogP contribution in [0.1, 0.15) is 6.92 Å². The number of anilines is 1. The van der Waals surface area contributed by atoms with Gasteiger partial charge in [0.2, 0.25) is 5.91 Å². The number of hydrogen-bond acceptors (Lipinski definition) is 2. The Labute approximate surface area is 101 Å². The summed E-state index contributed by atoms with van der Waals surface area (Å²) < 4.78 is 39.2. The molecule has 0 spiro atoms. The third-order valence-electron chi connectivity index (χ3n) is 1.72. The molecule has 0 aromatic heterocycles. The molecule has 7 heteroatoms. The number of carbonyl (C=O) groups excluding carboxylic acids is 1. The van der Waals surface area contributed by atoms with Gasteiger partial charge in [0, 0.05) is 5.69 Å². The second kappa shape index (κ2) is 5.27. The molecule has 3 nitrogen and oxygen atoms in total. The van der Waals surface area contributed by atoms with Gasteiger partial charge in [0.1, 0.15) is 11.1 Å². The lowest BCUT2D eigenvalue weighted by Crippen LogP contribution is -2.20. The molecule has 1 aromatic carbocycles. The zero-order valence-corrected chi connectivity index (χ0v) is 9.47. The van der Waals surface area contributed by atoms with Crippen LogP contribution in [0.4, 0.5) is 18.9 Å². The van der Waals surface area contributed by atoms with Crippen LogP contribution in [0.3, 0.4) is 0 Å². The molecule has 0 radical (unpaired) electrons. The van der Waals surface area contributed by atoms with Crippen molar-refractivity contribution in [2.24, 2.45) is 0 Å². The normalized spacial score (nSPS) is 13.0. The van der Waals surface area contributed by atoms with Gasteiger partial charge in [-0.2, -0.15) is 0 Å². The highest BCUT2D eigenvalue weighted by atomic mass is 35.5. The molecule has 0 bridgehead atoms. The maximum absolute atomic E-state index is 11.8. The largest absolute Gasteiger partial charge is 0.573 e. The van der Waals surface area contributed by atoms with Crippen LogP contribution in [0.25, 0.3) is 0 Å². The molecular formula is C10H9ClF3NO2. The van der Waals surface area contributed by atoms with Gasteiger partial charge in [-0.1, -0.05) is 0 Å². The van der Waals surface area contributed by atoms with E-state index in [0.717, 1.165) is 12.1 Å². The van der Waals surface area contributed by atoms with Crippen molar-refractivity contribution in [2.45, 2.75) is 18.7 Å². The van der Waals surface area contributed by atoms with E-state index in [1.54, 1.807) is 0 Å². The van der Waals surface area contributed by atoms with Crippen molar-refractivity contribution in [1.29, 1.82) is 0 Å². The molecule has 1 aromatic rings. The average Bonchev–Trinajstić information content (AvgIpc) is 2.18. The topological polar surface area (TPSA) is 38.3 Å². The minimum atomic E-state index is -4.73. The number of ether oxygens (including phenoxy) is 1. The summed E-state index contributed by atoms with van der Waals surface area (Å²) in [6.07, 6.45) is -4.73. The lowest BCUT2D eigenvalue weighted by Gasteiger charge is -2.10. The highest BCUT2D eigenvalue weighted by Crippen LogP contribution is 2.23. The van der Waals surface area contributed by atoms with Crippen molar-refractivity contribution in [3.8, 4) is 5.75 Å². The molecule has 17 heavy (non-hydrogen) atoms. The van der Waals surface area contributed by atoms with Crippen molar-refractivity contribution in [1.82, 2.24) is 0 Å².